The van der Waals surface area contributed by atoms with Gasteiger partial charge in [0.25, 0.3) is 0 Å². The van der Waals surface area contributed by atoms with Crippen molar-refractivity contribution < 1.29 is 4.52 Å². The van der Waals surface area contributed by atoms with E-state index in [9.17, 15) is 0 Å². The van der Waals surface area contributed by atoms with Crippen LogP contribution in [-0.4, -0.2) is 25.4 Å². The molecule has 0 atom stereocenters. The number of hydrogen-bond acceptors (Lipinski definition) is 6. The molecule has 2 aromatic carbocycles. The third-order valence-corrected chi connectivity index (χ3v) is 4.92. The molecule has 4 aromatic rings. The first-order valence-electron chi connectivity index (χ1n) is 7.89. The van der Waals surface area contributed by atoms with Crippen molar-refractivity contribution in [1.82, 2.24) is 25.4 Å². The summed E-state index contributed by atoms with van der Waals surface area (Å²) >= 11 is 7.41. The largest absolute Gasteiger partial charge is 0.360 e. The molecule has 6 nitrogen and oxygen atoms in total. The maximum Gasteiger partial charge on any atom is 0.214 e. The predicted octanol–water partition coefficient (Wildman–Crippen LogP) is 4.57. The summed E-state index contributed by atoms with van der Waals surface area (Å²) in [5, 5.41) is 17.5. The molecule has 2 heterocycles. The highest BCUT2D eigenvalue weighted by Gasteiger charge is 2.12. The van der Waals surface area contributed by atoms with E-state index in [2.05, 4.69) is 20.7 Å². The first-order chi connectivity index (χ1) is 12.7. The van der Waals surface area contributed by atoms with Crippen molar-refractivity contribution in [2.75, 3.05) is 0 Å². The Bertz CT molecular complexity index is 1030. The van der Waals surface area contributed by atoms with Crippen LogP contribution in [0.25, 0.3) is 16.9 Å². The lowest BCUT2D eigenvalue weighted by molar-refractivity contribution is 0.397. The number of rotatable bonds is 5. The number of nitrogens with zero attached hydrogens (tertiary/aromatic N) is 5. The van der Waals surface area contributed by atoms with Crippen molar-refractivity contribution in [2.45, 2.75) is 17.8 Å². The SMILES string of the molecule is Cc1cccc(-n2nnnc2SCc2cc(-c3ccc(Cl)cc3)no2)c1. The average Bonchev–Trinajstić information content (AvgIpc) is 3.30. The van der Waals surface area contributed by atoms with E-state index in [-0.39, 0.29) is 0 Å². The van der Waals surface area contributed by atoms with Gasteiger partial charge in [-0.1, -0.05) is 52.8 Å². The van der Waals surface area contributed by atoms with Crippen molar-refractivity contribution in [3.05, 3.63) is 70.9 Å². The standard InChI is InChI=1S/C18H14ClN5OS/c1-12-3-2-4-15(9-12)24-18(20-22-23-24)26-11-16-10-17(21-25-16)13-5-7-14(19)8-6-13/h2-10H,11H2,1H3. The topological polar surface area (TPSA) is 69.6 Å². The molecule has 0 fully saturated rings. The van der Waals surface area contributed by atoms with Crippen LogP contribution in [-0.2, 0) is 5.75 Å². The number of thioether (sulfide) groups is 1. The van der Waals surface area contributed by atoms with E-state index in [4.69, 9.17) is 16.1 Å². The summed E-state index contributed by atoms with van der Waals surface area (Å²) in [6, 6.07) is 17.4. The summed E-state index contributed by atoms with van der Waals surface area (Å²) in [5.74, 6) is 1.33. The highest BCUT2D eigenvalue weighted by molar-refractivity contribution is 7.98. The van der Waals surface area contributed by atoms with Crippen LogP contribution >= 0.6 is 23.4 Å². The molecule has 0 amide bonds. The number of aromatic nitrogens is 5. The number of tetrazole rings is 1. The van der Waals surface area contributed by atoms with Gasteiger partial charge in [0.2, 0.25) is 5.16 Å². The minimum atomic E-state index is 0.576. The second-order valence-electron chi connectivity index (χ2n) is 5.69. The maximum atomic E-state index is 5.92. The van der Waals surface area contributed by atoms with E-state index in [0.717, 1.165) is 28.3 Å². The van der Waals surface area contributed by atoms with Crippen molar-refractivity contribution in [3.8, 4) is 16.9 Å². The zero-order chi connectivity index (χ0) is 17.9. The molecule has 0 spiro atoms. The number of halogens is 1. The minimum absolute atomic E-state index is 0.576. The molecule has 0 aliphatic carbocycles. The van der Waals surface area contributed by atoms with Crippen LogP contribution in [0.5, 0.6) is 0 Å². The lowest BCUT2D eigenvalue weighted by Crippen LogP contribution is -1.99. The van der Waals surface area contributed by atoms with E-state index >= 15 is 0 Å². The highest BCUT2D eigenvalue weighted by atomic mass is 35.5. The summed E-state index contributed by atoms with van der Waals surface area (Å²) in [6.45, 7) is 2.04. The summed E-state index contributed by atoms with van der Waals surface area (Å²) in [7, 11) is 0. The first kappa shape index (κ1) is 16.8. The molecule has 0 radical (unpaired) electrons. The second kappa shape index (κ2) is 7.31. The fourth-order valence-corrected chi connectivity index (χ4v) is 3.36. The molecule has 0 aliphatic heterocycles. The molecular weight excluding hydrogens is 370 g/mol. The molecule has 130 valence electrons. The van der Waals surface area contributed by atoms with Gasteiger partial charge in [0, 0.05) is 16.7 Å². The van der Waals surface area contributed by atoms with Crippen molar-refractivity contribution >= 4 is 23.4 Å². The summed E-state index contributed by atoms with van der Waals surface area (Å²) in [4.78, 5) is 0. The Morgan fingerprint density at radius 1 is 1.12 bits per heavy atom. The number of benzene rings is 2. The maximum absolute atomic E-state index is 5.92. The van der Waals surface area contributed by atoms with Gasteiger partial charge in [-0.2, -0.15) is 4.68 Å². The molecule has 0 bridgehead atoms. The average molecular weight is 384 g/mol. The summed E-state index contributed by atoms with van der Waals surface area (Å²) < 4.78 is 7.15. The normalized spacial score (nSPS) is 11.0. The van der Waals surface area contributed by atoms with Gasteiger partial charge in [-0.3, -0.25) is 0 Å². The Morgan fingerprint density at radius 2 is 1.96 bits per heavy atom. The van der Waals surface area contributed by atoms with Crippen molar-refractivity contribution in [2.24, 2.45) is 0 Å². The van der Waals surface area contributed by atoms with Gasteiger partial charge in [0.15, 0.2) is 0 Å². The molecular formula is C18H14ClN5OS. The van der Waals surface area contributed by atoms with Crippen molar-refractivity contribution in [1.29, 1.82) is 0 Å². The van der Waals surface area contributed by atoms with Gasteiger partial charge in [0.05, 0.1) is 11.4 Å². The summed E-state index contributed by atoms with van der Waals surface area (Å²) in [6.07, 6.45) is 0. The summed E-state index contributed by atoms with van der Waals surface area (Å²) in [5.41, 5.74) is 3.81. The van der Waals surface area contributed by atoms with Crippen LogP contribution in [0.1, 0.15) is 11.3 Å². The zero-order valence-electron chi connectivity index (χ0n) is 13.8. The number of hydrogen-bond donors (Lipinski definition) is 0. The molecule has 4 rings (SSSR count). The first-order valence-corrected chi connectivity index (χ1v) is 9.25. The van der Waals surface area contributed by atoms with E-state index in [1.807, 2.05) is 61.5 Å². The van der Waals surface area contributed by atoms with Gasteiger partial charge in [-0.25, -0.2) is 0 Å². The Morgan fingerprint density at radius 3 is 2.77 bits per heavy atom. The highest BCUT2D eigenvalue weighted by Crippen LogP contribution is 2.26. The van der Waals surface area contributed by atoms with Crippen LogP contribution in [0.4, 0.5) is 0 Å². The van der Waals surface area contributed by atoms with Gasteiger partial charge < -0.3 is 4.52 Å². The third-order valence-electron chi connectivity index (χ3n) is 3.73. The smallest absolute Gasteiger partial charge is 0.214 e. The van der Waals surface area contributed by atoms with Crippen molar-refractivity contribution in [3.63, 3.8) is 0 Å². The quantitative estimate of drug-likeness (QED) is 0.470. The Labute approximate surface area is 159 Å². The Balaban J connectivity index is 1.49. The zero-order valence-corrected chi connectivity index (χ0v) is 15.4. The van der Waals surface area contributed by atoms with Crippen LogP contribution in [0.3, 0.4) is 0 Å². The Kier molecular flexibility index (Phi) is 4.73. The molecule has 8 heteroatoms. The molecule has 26 heavy (non-hydrogen) atoms. The van der Waals surface area contributed by atoms with E-state index in [0.29, 0.717) is 15.9 Å². The van der Waals surface area contributed by atoms with Crippen LogP contribution in [0.2, 0.25) is 5.02 Å². The minimum Gasteiger partial charge on any atom is -0.360 e. The fourth-order valence-electron chi connectivity index (χ4n) is 2.46. The van der Waals surface area contributed by atoms with Gasteiger partial charge in [0.1, 0.15) is 11.5 Å². The monoisotopic (exact) mass is 383 g/mol. The third kappa shape index (κ3) is 3.63. The van der Waals surface area contributed by atoms with E-state index < -0.39 is 0 Å². The Hall–Kier alpha value is -2.64. The molecule has 0 saturated carbocycles. The predicted molar refractivity (Wildman–Crippen MR) is 100 cm³/mol. The fraction of sp³-hybridized carbons (Fsp3) is 0.111. The van der Waals surface area contributed by atoms with Gasteiger partial charge in [-0.15, -0.1) is 5.10 Å². The van der Waals surface area contributed by atoms with Gasteiger partial charge in [-0.05, 0) is 47.2 Å². The van der Waals surface area contributed by atoms with Crippen LogP contribution in [0.15, 0.2) is 64.3 Å². The lowest BCUT2D eigenvalue weighted by atomic mass is 10.1. The molecule has 0 aliphatic rings. The van der Waals surface area contributed by atoms with E-state index in [1.54, 1.807) is 4.68 Å². The molecule has 2 aromatic heterocycles. The molecule has 0 N–H and O–H groups in total. The van der Waals surface area contributed by atoms with Crippen LogP contribution in [0, 0.1) is 6.92 Å². The number of aryl methyl sites for hydroxylation is 1. The molecule has 0 unspecified atom stereocenters. The van der Waals surface area contributed by atoms with E-state index in [1.165, 1.54) is 11.8 Å². The second-order valence-corrected chi connectivity index (χ2v) is 7.07. The van der Waals surface area contributed by atoms with Gasteiger partial charge >= 0.3 is 0 Å². The molecule has 0 saturated heterocycles. The lowest BCUT2D eigenvalue weighted by Gasteiger charge is -2.04. The van der Waals surface area contributed by atoms with Crippen LogP contribution < -0.4 is 0 Å².